The van der Waals surface area contributed by atoms with Gasteiger partial charge in [-0.05, 0) is 61.5 Å². The molecule has 0 radical (unpaired) electrons. The number of amides is 1. The largest absolute Gasteiger partial charge is 0.493 e. The highest BCUT2D eigenvalue weighted by Gasteiger charge is 2.12. The fourth-order valence-corrected chi connectivity index (χ4v) is 3.10. The van der Waals surface area contributed by atoms with Gasteiger partial charge in [0, 0.05) is 21.8 Å². The first-order chi connectivity index (χ1) is 14.0. The van der Waals surface area contributed by atoms with Gasteiger partial charge in [0.15, 0.2) is 0 Å². The Morgan fingerprint density at radius 3 is 2.48 bits per heavy atom. The predicted octanol–water partition coefficient (Wildman–Crippen LogP) is 6.88. The van der Waals surface area contributed by atoms with E-state index >= 15 is 0 Å². The van der Waals surface area contributed by atoms with Crippen LogP contribution in [0, 0.1) is 0 Å². The summed E-state index contributed by atoms with van der Waals surface area (Å²) < 4.78 is 11.5. The monoisotopic (exact) mass is 449 g/mol. The van der Waals surface area contributed by atoms with Crippen molar-refractivity contribution in [1.29, 1.82) is 0 Å². The normalized spacial score (nSPS) is 10.5. The Balaban J connectivity index is 1.79. The number of benzene rings is 3. The van der Waals surface area contributed by atoms with Gasteiger partial charge in [0.2, 0.25) is 0 Å². The summed E-state index contributed by atoms with van der Waals surface area (Å²) in [5.74, 6) is 1.00. The summed E-state index contributed by atoms with van der Waals surface area (Å²) in [5, 5.41) is 4.18. The molecule has 0 heterocycles. The summed E-state index contributed by atoms with van der Waals surface area (Å²) in [6.07, 6.45) is 0. The topological polar surface area (TPSA) is 47.6 Å². The van der Waals surface area contributed by atoms with Gasteiger partial charge in [0.05, 0.1) is 16.7 Å². The zero-order chi connectivity index (χ0) is 20.8. The molecule has 0 aliphatic carbocycles. The molecule has 0 aliphatic rings. The number of ether oxygens (including phenoxy) is 2. The van der Waals surface area contributed by atoms with Crippen molar-refractivity contribution in [2.45, 2.75) is 13.5 Å². The van der Waals surface area contributed by atoms with Gasteiger partial charge < -0.3 is 14.8 Å². The van der Waals surface area contributed by atoms with E-state index in [0.717, 1.165) is 5.56 Å². The summed E-state index contributed by atoms with van der Waals surface area (Å²) in [6.45, 7) is 2.62. The Morgan fingerprint density at radius 2 is 1.76 bits per heavy atom. The van der Waals surface area contributed by atoms with Crippen LogP contribution < -0.4 is 14.8 Å². The van der Waals surface area contributed by atoms with Gasteiger partial charge in [-0.1, -0.05) is 40.9 Å². The first kappa shape index (κ1) is 21.3. The Hall–Kier alpha value is -2.40. The third kappa shape index (κ3) is 5.80. The van der Waals surface area contributed by atoms with E-state index in [1.54, 1.807) is 48.5 Å². The Morgan fingerprint density at radius 1 is 0.931 bits per heavy atom. The van der Waals surface area contributed by atoms with Crippen molar-refractivity contribution in [3.05, 3.63) is 86.9 Å². The number of hydrogen-bond donors (Lipinski definition) is 1. The minimum absolute atomic E-state index is 0.226. The van der Waals surface area contributed by atoms with Crippen LogP contribution in [0.1, 0.15) is 22.8 Å². The van der Waals surface area contributed by atoms with Gasteiger partial charge in [-0.25, -0.2) is 0 Å². The van der Waals surface area contributed by atoms with Gasteiger partial charge in [0.25, 0.3) is 5.91 Å². The molecule has 3 aromatic carbocycles. The maximum absolute atomic E-state index is 12.7. The molecule has 0 saturated heterocycles. The lowest BCUT2D eigenvalue weighted by Gasteiger charge is -2.14. The van der Waals surface area contributed by atoms with Crippen LogP contribution in [0.15, 0.2) is 60.7 Å². The first-order valence-corrected chi connectivity index (χ1v) is 10.00. The Bertz CT molecular complexity index is 1020. The standard InChI is InChI=1S/C22H18Cl3NO3/c1-2-28-21-9-6-14(22(27)26-17-7-8-19(24)20(25)12-17)10-15(21)13-29-18-5-3-4-16(23)11-18/h3-12H,2,13H2,1H3,(H,26,27). The maximum Gasteiger partial charge on any atom is 0.255 e. The molecule has 3 rings (SSSR count). The second kappa shape index (κ2) is 9.88. The smallest absolute Gasteiger partial charge is 0.255 e. The molecule has 0 aromatic heterocycles. The lowest BCUT2D eigenvalue weighted by atomic mass is 10.1. The molecule has 0 saturated carbocycles. The van der Waals surface area contributed by atoms with Crippen LogP contribution in [0.5, 0.6) is 11.5 Å². The number of hydrogen-bond acceptors (Lipinski definition) is 3. The molecule has 0 aliphatic heterocycles. The van der Waals surface area contributed by atoms with E-state index < -0.39 is 0 Å². The molecule has 1 N–H and O–H groups in total. The predicted molar refractivity (Wildman–Crippen MR) is 118 cm³/mol. The lowest BCUT2D eigenvalue weighted by Crippen LogP contribution is -2.13. The van der Waals surface area contributed by atoms with E-state index in [-0.39, 0.29) is 12.5 Å². The molecule has 150 valence electrons. The molecule has 0 fully saturated rings. The average molecular weight is 451 g/mol. The van der Waals surface area contributed by atoms with Crippen molar-refractivity contribution in [1.82, 2.24) is 0 Å². The third-order valence-corrected chi connectivity index (χ3v) is 4.96. The third-order valence-electron chi connectivity index (χ3n) is 3.99. The molecule has 4 nitrogen and oxygen atoms in total. The van der Waals surface area contributed by atoms with Gasteiger partial charge >= 0.3 is 0 Å². The molecule has 0 atom stereocenters. The lowest BCUT2D eigenvalue weighted by molar-refractivity contribution is 0.102. The average Bonchev–Trinajstić information content (AvgIpc) is 2.70. The molecule has 29 heavy (non-hydrogen) atoms. The highest BCUT2D eigenvalue weighted by Crippen LogP contribution is 2.27. The van der Waals surface area contributed by atoms with Gasteiger partial charge in [-0.15, -0.1) is 0 Å². The second-order valence-electron chi connectivity index (χ2n) is 6.08. The van der Waals surface area contributed by atoms with Crippen LogP contribution in [0.2, 0.25) is 15.1 Å². The molecular weight excluding hydrogens is 433 g/mol. The zero-order valence-electron chi connectivity index (χ0n) is 15.5. The Kier molecular flexibility index (Phi) is 7.26. The van der Waals surface area contributed by atoms with Crippen LogP contribution in [0.25, 0.3) is 0 Å². The van der Waals surface area contributed by atoms with Crippen LogP contribution in [-0.2, 0) is 6.61 Å². The van der Waals surface area contributed by atoms with Crippen LogP contribution >= 0.6 is 34.8 Å². The highest BCUT2D eigenvalue weighted by molar-refractivity contribution is 6.42. The maximum atomic E-state index is 12.7. The molecule has 0 bridgehead atoms. The number of halogens is 3. The van der Waals surface area contributed by atoms with Gasteiger partial charge in [0.1, 0.15) is 18.1 Å². The number of nitrogens with one attached hydrogen (secondary N) is 1. The van der Waals surface area contributed by atoms with Crippen LogP contribution in [0.3, 0.4) is 0 Å². The van der Waals surface area contributed by atoms with Gasteiger partial charge in [-0.2, -0.15) is 0 Å². The molecule has 0 unspecified atom stereocenters. The number of carbonyl (C=O) groups is 1. The van der Waals surface area contributed by atoms with E-state index in [0.29, 0.717) is 44.4 Å². The van der Waals surface area contributed by atoms with E-state index in [4.69, 9.17) is 44.3 Å². The summed E-state index contributed by atoms with van der Waals surface area (Å²) in [7, 11) is 0. The van der Waals surface area contributed by atoms with Crippen molar-refractivity contribution < 1.29 is 14.3 Å². The van der Waals surface area contributed by atoms with Crippen molar-refractivity contribution in [2.75, 3.05) is 11.9 Å². The minimum atomic E-state index is -0.282. The number of anilines is 1. The minimum Gasteiger partial charge on any atom is -0.493 e. The highest BCUT2D eigenvalue weighted by atomic mass is 35.5. The van der Waals surface area contributed by atoms with Crippen LogP contribution in [0.4, 0.5) is 5.69 Å². The Labute approximate surface area is 184 Å². The van der Waals surface area contributed by atoms with Crippen molar-refractivity contribution in [3.8, 4) is 11.5 Å². The fraction of sp³-hybridized carbons (Fsp3) is 0.136. The molecule has 3 aromatic rings. The second-order valence-corrected chi connectivity index (χ2v) is 7.34. The summed E-state index contributed by atoms with van der Waals surface area (Å²) >= 11 is 17.9. The van der Waals surface area contributed by atoms with Crippen molar-refractivity contribution >= 4 is 46.4 Å². The molecule has 0 spiro atoms. The quantitative estimate of drug-likeness (QED) is 0.427. The van der Waals surface area contributed by atoms with E-state index in [1.807, 2.05) is 19.1 Å². The summed E-state index contributed by atoms with van der Waals surface area (Å²) in [5.41, 5.74) is 1.76. The summed E-state index contributed by atoms with van der Waals surface area (Å²) in [4.78, 5) is 12.7. The van der Waals surface area contributed by atoms with Crippen molar-refractivity contribution in [2.24, 2.45) is 0 Å². The van der Waals surface area contributed by atoms with Crippen LogP contribution in [-0.4, -0.2) is 12.5 Å². The van der Waals surface area contributed by atoms with Gasteiger partial charge in [-0.3, -0.25) is 4.79 Å². The SMILES string of the molecule is CCOc1ccc(C(=O)Nc2ccc(Cl)c(Cl)c2)cc1COc1cccc(Cl)c1. The number of carbonyl (C=O) groups excluding carboxylic acids is 1. The number of rotatable bonds is 7. The first-order valence-electron chi connectivity index (χ1n) is 8.86. The van der Waals surface area contributed by atoms with E-state index in [1.165, 1.54) is 0 Å². The molecule has 7 heteroatoms. The van der Waals surface area contributed by atoms with E-state index in [9.17, 15) is 4.79 Å². The molecular formula is C22H18Cl3NO3. The molecule has 1 amide bonds. The van der Waals surface area contributed by atoms with E-state index in [2.05, 4.69) is 5.32 Å². The fourth-order valence-electron chi connectivity index (χ4n) is 2.62. The van der Waals surface area contributed by atoms with Crippen molar-refractivity contribution in [3.63, 3.8) is 0 Å². The zero-order valence-corrected chi connectivity index (χ0v) is 17.8. The summed E-state index contributed by atoms with van der Waals surface area (Å²) in [6, 6.07) is 17.2.